The molecule has 1 aromatic rings. The fraction of sp³-hybridized carbons (Fsp3) is 0.640. The van der Waals surface area contributed by atoms with E-state index in [1.165, 1.54) is 44.6 Å². The van der Waals surface area contributed by atoms with Crippen molar-refractivity contribution in [1.29, 1.82) is 0 Å². The summed E-state index contributed by atoms with van der Waals surface area (Å²) in [6.07, 6.45) is 27.9. The number of carbonyl (C=O) groups excluding carboxylic acids is 2. The molecule has 1 aliphatic heterocycles. The average molecular weight is 1060 g/mol. The molecule has 0 amide bonds. The minimum Gasteiger partial charge on any atom is -0.462 e. The van der Waals surface area contributed by atoms with Crippen molar-refractivity contribution >= 4 is 33.4 Å². The van der Waals surface area contributed by atoms with E-state index in [0.29, 0.717) is 25.7 Å². The first-order valence-electron chi connectivity index (χ1n) is 25.0. The van der Waals surface area contributed by atoms with Gasteiger partial charge in [-0.25, -0.2) is 13.9 Å². The van der Waals surface area contributed by atoms with Gasteiger partial charge < -0.3 is 50.2 Å². The Morgan fingerprint density at radius 2 is 1.42 bits per heavy atom. The number of allylic oxidation sites excluding steroid dienone is 8. The van der Waals surface area contributed by atoms with Crippen LogP contribution >= 0.6 is 15.6 Å². The number of aromatic nitrogens is 2. The summed E-state index contributed by atoms with van der Waals surface area (Å²) in [6.45, 7) is 4.04. The van der Waals surface area contributed by atoms with Crippen LogP contribution in [0.5, 0.6) is 0 Å². The van der Waals surface area contributed by atoms with Crippen molar-refractivity contribution in [3.63, 3.8) is 0 Å². The quantitative estimate of drug-likeness (QED) is 0.0108. The smallest absolute Gasteiger partial charge is 0.462 e. The molecule has 22 heteroatoms. The Morgan fingerprint density at radius 3 is 2.07 bits per heavy atom. The number of hydrogen-bond acceptors (Lipinski definition) is 17. The number of hydrogen-bond donors (Lipinski definition) is 7. The van der Waals surface area contributed by atoms with Gasteiger partial charge in [-0.05, 0) is 50.5 Å². The summed E-state index contributed by atoms with van der Waals surface area (Å²) in [5.74, 6) is -0.760. The van der Waals surface area contributed by atoms with Crippen molar-refractivity contribution in [2.45, 2.75) is 179 Å². The van der Waals surface area contributed by atoms with E-state index < -0.39 is 95.9 Å². The highest BCUT2D eigenvalue weighted by Gasteiger charge is 2.46. The van der Waals surface area contributed by atoms with Gasteiger partial charge in [-0.15, -0.1) is 0 Å². The molecular formula is C50H81N3O17P2. The first kappa shape index (κ1) is 64.2. The van der Waals surface area contributed by atoms with Gasteiger partial charge in [0.05, 0.1) is 25.4 Å². The molecule has 8 N–H and O–H groups in total. The largest absolute Gasteiger partial charge is 0.481 e. The Labute approximate surface area is 424 Å². The number of rotatable bonds is 39. The molecule has 0 saturated carbocycles. The van der Waals surface area contributed by atoms with Gasteiger partial charge in [-0.2, -0.15) is 9.29 Å². The van der Waals surface area contributed by atoms with Crippen molar-refractivity contribution in [3.05, 3.63) is 95.7 Å². The van der Waals surface area contributed by atoms with E-state index in [4.69, 9.17) is 29.0 Å². The SMILES string of the molecule is CC/C=C\C[C@H](O)/C=C/C=C\C/C=C\C=C\[C@H](O)/C=C\CCCC(=O)O[C@H](COC(=O)CCCCCCCCCCCCC(C)C)COP(=O)(O)OP(=O)(O)OC[C@H]1O[C@@H](n2ccc(N)nc2=O)[C@H](O)[C@@H]1O. The van der Waals surface area contributed by atoms with Crippen molar-refractivity contribution < 1.29 is 76.5 Å². The maximum absolute atomic E-state index is 12.9. The summed E-state index contributed by atoms with van der Waals surface area (Å²) in [6, 6.07) is 1.23. The van der Waals surface area contributed by atoms with Crippen LogP contribution in [0.1, 0.15) is 143 Å². The number of anilines is 1. The summed E-state index contributed by atoms with van der Waals surface area (Å²) in [5.41, 5.74) is 4.56. The number of phosphoric acid groups is 2. The first-order chi connectivity index (χ1) is 34.3. The number of nitrogen functional groups attached to an aromatic ring is 1. The number of nitrogens with zero attached hydrogens (tertiary/aromatic N) is 2. The fourth-order valence-electron chi connectivity index (χ4n) is 7.00. The van der Waals surface area contributed by atoms with Gasteiger partial charge >= 0.3 is 33.3 Å². The van der Waals surface area contributed by atoms with Gasteiger partial charge in [0.2, 0.25) is 0 Å². The third-order valence-electron chi connectivity index (χ3n) is 10.9. The molecule has 2 unspecified atom stereocenters. The van der Waals surface area contributed by atoms with E-state index in [-0.39, 0.29) is 25.1 Å². The van der Waals surface area contributed by atoms with Crippen LogP contribution in [0, 0.1) is 5.92 Å². The Morgan fingerprint density at radius 1 is 0.792 bits per heavy atom. The Kier molecular flexibility index (Phi) is 33.0. The summed E-state index contributed by atoms with van der Waals surface area (Å²) in [7, 11) is -10.9. The van der Waals surface area contributed by atoms with Gasteiger partial charge in [-0.3, -0.25) is 23.2 Å². The number of esters is 2. The van der Waals surface area contributed by atoms with Gasteiger partial charge in [0.25, 0.3) is 0 Å². The molecule has 1 aliphatic rings. The molecule has 0 spiro atoms. The zero-order valence-corrected chi connectivity index (χ0v) is 43.9. The molecular weight excluding hydrogens is 977 g/mol. The third kappa shape index (κ3) is 30.3. The Hall–Kier alpha value is -3.88. The molecule has 1 saturated heterocycles. The van der Waals surface area contributed by atoms with Crippen molar-refractivity contribution in [1.82, 2.24) is 9.55 Å². The lowest BCUT2D eigenvalue weighted by molar-refractivity contribution is -0.161. The normalized spacial score (nSPS) is 20.6. The molecule has 2 heterocycles. The number of ether oxygens (including phenoxy) is 3. The molecule has 408 valence electrons. The molecule has 9 atom stereocenters. The highest BCUT2D eigenvalue weighted by atomic mass is 31.3. The summed E-state index contributed by atoms with van der Waals surface area (Å²) in [4.78, 5) is 61.9. The zero-order chi connectivity index (χ0) is 53.2. The van der Waals surface area contributed by atoms with Crippen LogP contribution in [0.4, 0.5) is 5.82 Å². The van der Waals surface area contributed by atoms with Crippen LogP contribution in [0.2, 0.25) is 0 Å². The summed E-state index contributed by atoms with van der Waals surface area (Å²) in [5, 5.41) is 41.0. The second-order valence-electron chi connectivity index (χ2n) is 17.8. The van der Waals surface area contributed by atoms with Crippen LogP contribution < -0.4 is 11.4 Å². The number of aliphatic hydroxyl groups excluding tert-OH is 4. The number of unbranched alkanes of at least 4 members (excludes halogenated alkanes) is 10. The molecule has 1 fully saturated rings. The molecule has 2 rings (SSSR count). The average Bonchev–Trinajstić information content (AvgIpc) is 3.59. The van der Waals surface area contributed by atoms with E-state index in [1.807, 2.05) is 37.3 Å². The predicted octanol–water partition coefficient (Wildman–Crippen LogP) is 7.91. The van der Waals surface area contributed by atoms with Crippen LogP contribution in [0.3, 0.4) is 0 Å². The number of nitrogens with two attached hydrogens (primary N) is 1. The fourth-order valence-corrected chi connectivity index (χ4v) is 9.11. The molecule has 0 radical (unpaired) electrons. The Balaban J connectivity index is 1.88. The maximum Gasteiger partial charge on any atom is 0.481 e. The lowest BCUT2D eigenvalue weighted by Crippen LogP contribution is -2.36. The third-order valence-corrected chi connectivity index (χ3v) is 13.5. The van der Waals surface area contributed by atoms with Crippen LogP contribution in [-0.2, 0) is 46.3 Å². The molecule has 20 nitrogen and oxygen atoms in total. The van der Waals surface area contributed by atoms with Gasteiger partial charge in [0, 0.05) is 19.0 Å². The van der Waals surface area contributed by atoms with Crippen molar-refractivity contribution in [2.24, 2.45) is 5.92 Å². The highest BCUT2D eigenvalue weighted by Crippen LogP contribution is 2.60. The van der Waals surface area contributed by atoms with Gasteiger partial charge in [0.15, 0.2) is 12.3 Å². The van der Waals surface area contributed by atoms with E-state index in [1.54, 1.807) is 42.5 Å². The lowest BCUT2D eigenvalue weighted by atomic mass is 10.0. The van der Waals surface area contributed by atoms with Gasteiger partial charge in [-0.1, -0.05) is 158 Å². The zero-order valence-electron chi connectivity index (χ0n) is 42.1. The lowest BCUT2D eigenvalue weighted by Gasteiger charge is -2.21. The number of carbonyl (C=O) groups is 2. The maximum atomic E-state index is 12.9. The van der Waals surface area contributed by atoms with E-state index in [0.717, 1.165) is 48.8 Å². The van der Waals surface area contributed by atoms with E-state index in [2.05, 4.69) is 23.1 Å². The van der Waals surface area contributed by atoms with E-state index in [9.17, 15) is 53.7 Å². The minimum atomic E-state index is -5.47. The minimum absolute atomic E-state index is 0.0812. The van der Waals surface area contributed by atoms with Crippen molar-refractivity contribution in [3.8, 4) is 0 Å². The monoisotopic (exact) mass is 1060 g/mol. The second-order valence-corrected chi connectivity index (χ2v) is 20.9. The van der Waals surface area contributed by atoms with Crippen LogP contribution in [0.15, 0.2) is 90.0 Å². The standard InChI is InChI=1S/C50H81N3O17P2/c1-4-5-20-28-40(54)29-22-16-12-10-13-17-23-30-41(55)31-24-19-26-33-46(57)68-42(36-65-45(56)32-25-18-14-9-7-6-8-11-15-21-27-39(2)3)37-66-71(61,62)70-72(63,64)67-38-43-47(58)48(59)49(69-43)53-35-34-44(51)52-50(53)60/h5,12-13,16-17,20,22-24,29-31,34-35,39-43,47-49,54-55,58-59H,4,6-11,14-15,18-19,21,25-28,32-33,36-38H2,1-3H3,(H,61,62)(H,63,64)(H2,51,52,60)/b16-12-,17-13-,20-5-,29-22+,30-23+,31-24-/t40-,41-,42+,43+,47+,48+,49+/m0/s1. The van der Waals surface area contributed by atoms with E-state index >= 15 is 0 Å². The van der Waals surface area contributed by atoms with Crippen molar-refractivity contribution in [2.75, 3.05) is 25.6 Å². The predicted molar refractivity (Wildman–Crippen MR) is 273 cm³/mol. The molecule has 0 aliphatic carbocycles. The first-order valence-corrected chi connectivity index (χ1v) is 28.0. The summed E-state index contributed by atoms with van der Waals surface area (Å²) >= 11 is 0. The van der Waals surface area contributed by atoms with Crippen LogP contribution in [0.25, 0.3) is 0 Å². The van der Waals surface area contributed by atoms with Gasteiger partial charge in [0.1, 0.15) is 30.7 Å². The number of phosphoric ester groups is 2. The topological polar surface area (TPSA) is 306 Å². The molecule has 1 aromatic heterocycles. The second kappa shape index (κ2) is 36.9. The number of aliphatic hydroxyl groups is 4. The summed E-state index contributed by atoms with van der Waals surface area (Å²) < 4.78 is 56.6. The Bertz CT molecular complexity index is 2040. The highest BCUT2D eigenvalue weighted by molar-refractivity contribution is 7.61. The molecule has 0 aromatic carbocycles. The molecule has 72 heavy (non-hydrogen) atoms. The molecule has 0 bridgehead atoms. The van der Waals surface area contributed by atoms with Crippen LogP contribution in [-0.4, -0.2) is 108 Å².